The van der Waals surface area contributed by atoms with Crippen LogP contribution in [-0.2, 0) is 5.54 Å². The highest BCUT2D eigenvalue weighted by molar-refractivity contribution is 6.01. The molecule has 4 heteroatoms. The standard InChI is InChI=1S/C25H22N4/c1-16-8-11-26-21(13-16)20-15-25(3,22-14-17(2)9-12-27-22)29-24-19(20)7-6-18-5-4-10-28-23(18)24/h4-15,29H,1-3H3/t25-/m1/s1. The minimum Gasteiger partial charge on any atom is -0.369 e. The molecule has 4 aromatic rings. The highest BCUT2D eigenvalue weighted by Gasteiger charge is 2.33. The van der Waals surface area contributed by atoms with Crippen molar-refractivity contribution in [2.24, 2.45) is 0 Å². The van der Waals surface area contributed by atoms with Crippen LogP contribution >= 0.6 is 0 Å². The molecule has 1 aromatic carbocycles. The maximum absolute atomic E-state index is 4.69. The summed E-state index contributed by atoms with van der Waals surface area (Å²) in [7, 11) is 0. The summed E-state index contributed by atoms with van der Waals surface area (Å²) in [5.74, 6) is 0. The van der Waals surface area contributed by atoms with Crippen LogP contribution in [0.3, 0.4) is 0 Å². The van der Waals surface area contributed by atoms with Gasteiger partial charge < -0.3 is 5.32 Å². The van der Waals surface area contributed by atoms with Gasteiger partial charge in [0.25, 0.3) is 0 Å². The zero-order valence-corrected chi connectivity index (χ0v) is 16.8. The fraction of sp³-hybridized carbons (Fsp3) is 0.160. The normalized spacial score (nSPS) is 18.1. The van der Waals surface area contributed by atoms with Crippen LogP contribution in [0.1, 0.15) is 35.0 Å². The lowest BCUT2D eigenvalue weighted by Gasteiger charge is -2.35. The topological polar surface area (TPSA) is 50.7 Å². The molecule has 1 N–H and O–H groups in total. The fourth-order valence-corrected chi connectivity index (χ4v) is 4.01. The summed E-state index contributed by atoms with van der Waals surface area (Å²) in [6.07, 6.45) is 7.82. The van der Waals surface area contributed by atoms with E-state index in [0.717, 1.165) is 39.1 Å². The molecular formula is C25H22N4. The molecule has 0 saturated heterocycles. The predicted molar refractivity (Wildman–Crippen MR) is 118 cm³/mol. The van der Waals surface area contributed by atoms with Gasteiger partial charge in [-0.15, -0.1) is 0 Å². The molecule has 0 bridgehead atoms. The van der Waals surface area contributed by atoms with Gasteiger partial charge in [-0.05, 0) is 68.3 Å². The van der Waals surface area contributed by atoms with Gasteiger partial charge in [0.2, 0.25) is 0 Å². The molecule has 0 fully saturated rings. The summed E-state index contributed by atoms with van der Waals surface area (Å²) < 4.78 is 0. The molecular weight excluding hydrogens is 356 g/mol. The second-order valence-electron chi connectivity index (χ2n) is 7.89. The van der Waals surface area contributed by atoms with Crippen LogP contribution in [0, 0.1) is 13.8 Å². The van der Waals surface area contributed by atoms with Crippen molar-refractivity contribution in [3.8, 4) is 0 Å². The number of benzene rings is 1. The van der Waals surface area contributed by atoms with Gasteiger partial charge >= 0.3 is 0 Å². The van der Waals surface area contributed by atoms with Gasteiger partial charge in [0, 0.05) is 35.1 Å². The smallest absolute Gasteiger partial charge is 0.0963 e. The molecule has 142 valence electrons. The van der Waals surface area contributed by atoms with E-state index in [1.165, 1.54) is 11.1 Å². The molecule has 0 radical (unpaired) electrons. The van der Waals surface area contributed by atoms with E-state index in [0.29, 0.717) is 0 Å². The lowest BCUT2D eigenvalue weighted by Crippen LogP contribution is -2.34. The Morgan fingerprint density at radius 2 is 1.62 bits per heavy atom. The number of aryl methyl sites for hydroxylation is 2. The fourth-order valence-electron chi connectivity index (χ4n) is 4.01. The van der Waals surface area contributed by atoms with Gasteiger partial charge in [-0.25, -0.2) is 0 Å². The average Bonchev–Trinajstić information content (AvgIpc) is 2.73. The van der Waals surface area contributed by atoms with E-state index in [-0.39, 0.29) is 0 Å². The van der Waals surface area contributed by atoms with Gasteiger partial charge in [0.1, 0.15) is 0 Å². The Labute approximate surface area is 170 Å². The van der Waals surface area contributed by atoms with Crippen molar-refractivity contribution in [3.05, 3.63) is 101 Å². The number of anilines is 1. The molecule has 0 spiro atoms. The Balaban J connectivity index is 1.81. The number of nitrogens with zero attached hydrogens (tertiary/aromatic N) is 3. The molecule has 0 unspecified atom stereocenters. The Kier molecular flexibility index (Phi) is 3.95. The highest BCUT2D eigenvalue weighted by Crippen LogP contribution is 2.43. The van der Waals surface area contributed by atoms with E-state index < -0.39 is 5.54 Å². The first kappa shape index (κ1) is 17.6. The summed E-state index contributed by atoms with van der Waals surface area (Å²) >= 11 is 0. The number of aromatic nitrogens is 3. The van der Waals surface area contributed by atoms with Gasteiger partial charge in [0.15, 0.2) is 0 Å². The van der Waals surface area contributed by atoms with Crippen molar-refractivity contribution in [3.63, 3.8) is 0 Å². The summed E-state index contributed by atoms with van der Waals surface area (Å²) in [6.45, 7) is 6.35. The SMILES string of the molecule is Cc1ccnc(C2=C[C@](C)(c3cc(C)ccn3)Nc3c2ccc2cccnc32)c1. The second-order valence-corrected chi connectivity index (χ2v) is 7.89. The molecule has 1 atom stereocenters. The zero-order valence-electron chi connectivity index (χ0n) is 16.8. The third-order valence-corrected chi connectivity index (χ3v) is 5.52. The van der Waals surface area contributed by atoms with Crippen LogP contribution < -0.4 is 5.32 Å². The van der Waals surface area contributed by atoms with Crippen molar-refractivity contribution >= 4 is 22.2 Å². The zero-order chi connectivity index (χ0) is 20.0. The largest absolute Gasteiger partial charge is 0.369 e. The first-order valence-corrected chi connectivity index (χ1v) is 9.79. The predicted octanol–water partition coefficient (Wildman–Crippen LogP) is 5.41. The Hall–Kier alpha value is -3.53. The van der Waals surface area contributed by atoms with Gasteiger partial charge in [-0.3, -0.25) is 15.0 Å². The number of nitrogens with one attached hydrogen (secondary N) is 1. The number of rotatable bonds is 2. The molecule has 0 saturated carbocycles. The highest BCUT2D eigenvalue weighted by atomic mass is 15.0. The first-order valence-electron chi connectivity index (χ1n) is 9.79. The molecule has 4 heterocycles. The monoisotopic (exact) mass is 378 g/mol. The number of hydrogen-bond acceptors (Lipinski definition) is 4. The van der Waals surface area contributed by atoms with Crippen molar-refractivity contribution in [2.75, 3.05) is 5.32 Å². The molecule has 1 aliphatic rings. The van der Waals surface area contributed by atoms with E-state index in [9.17, 15) is 0 Å². The summed E-state index contributed by atoms with van der Waals surface area (Å²) in [4.78, 5) is 14.1. The number of hydrogen-bond donors (Lipinski definition) is 1. The molecule has 29 heavy (non-hydrogen) atoms. The second kappa shape index (κ2) is 6.52. The lowest BCUT2D eigenvalue weighted by atomic mass is 9.84. The summed E-state index contributed by atoms with van der Waals surface area (Å²) in [6, 6.07) is 16.7. The molecule has 3 aromatic heterocycles. The first-order chi connectivity index (χ1) is 14.0. The summed E-state index contributed by atoms with van der Waals surface area (Å²) in [5.41, 5.74) is 8.01. The van der Waals surface area contributed by atoms with Crippen LogP contribution in [0.2, 0.25) is 0 Å². The Morgan fingerprint density at radius 1 is 0.828 bits per heavy atom. The van der Waals surface area contributed by atoms with E-state index in [1.807, 2.05) is 36.8 Å². The maximum Gasteiger partial charge on any atom is 0.0963 e. The maximum atomic E-state index is 4.69. The van der Waals surface area contributed by atoms with Crippen molar-refractivity contribution in [2.45, 2.75) is 26.3 Å². The minimum absolute atomic E-state index is 0.481. The average molecular weight is 378 g/mol. The van der Waals surface area contributed by atoms with Crippen LogP contribution in [0.5, 0.6) is 0 Å². The Bertz CT molecular complexity index is 1270. The van der Waals surface area contributed by atoms with E-state index in [1.54, 1.807) is 0 Å². The van der Waals surface area contributed by atoms with Crippen molar-refractivity contribution in [1.29, 1.82) is 0 Å². The minimum atomic E-state index is -0.481. The molecule has 5 rings (SSSR count). The molecule has 0 aliphatic carbocycles. The number of fused-ring (bicyclic) bond motifs is 3. The van der Waals surface area contributed by atoms with Crippen LogP contribution in [-0.4, -0.2) is 15.0 Å². The third-order valence-electron chi connectivity index (χ3n) is 5.52. The Morgan fingerprint density at radius 3 is 2.41 bits per heavy atom. The number of pyridine rings is 3. The van der Waals surface area contributed by atoms with Crippen LogP contribution in [0.15, 0.2) is 73.2 Å². The third kappa shape index (κ3) is 2.97. The van der Waals surface area contributed by atoms with Crippen LogP contribution in [0.4, 0.5) is 5.69 Å². The quantitative estimate of drug-likeness (QED) is 0.506. The van der Waals surface area contributed by atoms with E-state index in [4.69, 9.17) is 0 Å². The molecule has 0 amide bonds. The van der Waals surface area contributed by atoms with Gasteiger partial charge in [-0.1, -0.05) is 18.2 Å². The van der Waals surface area contributed by atoms with Gasteiger partial charge in [-0.2, -0.15) is 0 Å². The van der Waals surface area contributed by atoms with Crippen LogP contribution in [0.25, 0.3) is 16.5 Å². The molecule has 4 nitrogen and oxygen atoms in total. The van der Waals surface area contributed by atoms with Crippen molar-refractivity contribution < 1.29 is 0 Å². The van der Waals surface area contributed by atoms with E-state index in [2.05, 4.69) is 77.4 Å². The van der Waals surface area contributed by atoms with Gasteiger partial charge in [0.05, 0.1) is 28.1 Å². The lowest BCUT2D eigenvalue weighted by molar-refractivity contribution is 0.658. The van der Waals surface area contributed by atoms with E-state index >= 15 is 0 Å². The van der Waals surface area contributed by atoms with Crippen molar-refractivity contribution in [1.82, 2.24) is 15.0 Å². The molecule has 1 aliphatic heterocycles. The summed E-state index contributed by atoms with van der Waals surface area (Å²) in [5, 5.41) is 4.85.